The Balaban J connectivity index is 2.28. The van der Waals surface area contributed by atoms with E-state index in [-0.39, 0.29) is 4.83 Å². The zero-order valence-corrected chi connectivity index (χ0v) is 12.7. The van der Waals surface area contributed by atoms with E-state index in [2.05, 4.69) is 20.9 Å². The number of aryl methyl sites for hydroxylation is 1. The highest BCUT2D eigenvalue weighted by Gasteiger charge is 2.34. The Morgan fingerprint density at radius 2 is 1.95 bits per heavy atom. The van der Waals surface area contributed by atoms with E-state index in [4.69, 9.17) is 0 Å². The maximum absolute atomic E-state index is 13.3. The second-order valence-corrected chi connectivity index (χ2v) is 5.78. The summed E-state index contributed by atoms with van der Waals surface area (Å²) in [7, 11) is 0. The molecule has 1 nitrogen and oxygen atoms in total. The van der Waals surface area contributed by atoms with Crippen LogP contribution < -0.4 is 0 Å². The van der Waals surface area contributed by atoms with E-state index in [9.17, 15) is 17.6 Å². The topological polar surface area (TPSA) is 12.9 Å². The van der Waals surface area contributed by atoms with Crippen LogP contribution in [0.1, 0.15) is 27.2 Å². The van der Waals surface area contributed by atoms with E-state index >= 15 is 0 Å². The molecule has 1 aromatic carbocycles. The molecule has 0 spiro atoms. The van der Waals surface area contributed by atoms with Gasteiger partial charge in [-0.05, 0) is 36.2 Å². The summed E-state index contributed by atoms with van der Waals surface area (Å²) >= 11 is 3.35. The number of halogens is 5. The highest BCUT2D eigenvalue weighted by Crippen LogP contribution is 2.35. The number of benzene rings is 1. The number of pyridine rings is 1. The van der Waals surface area contributed by atoms with E-state index in [0.717, 1.165) is 23.4 Å². The molecule has 21 heavy (non-hydrogen) atoms. The lowest BCUT2D eigenvalue weighted by Gasteiger charge is -2.14. The van der Waals surface area contributed by atoms with Crippen molar-refractivity contribution in [3.8, 4) is 0 Å². The van der Waals surface area contributed by atoms with Crippen molar-refractivity contribution < 1.29 is 17.6 Å². The lowest BCUT2D eigenvalue weighted by atomic mass is 10.0. The highest BCUT2D eigenvalue weighted by atomic mass is 79.9. The van der Waals surface area contributed by atoms with Crippen molar-refractivity contribution in [2.75, 3.05) is 0 Å². The molecule has 6 heteroatoms. The SMILES string of the molecule is Cc1cccnc1CC(Br)c1ccc(F)c(C(F)(F)F)c1. The van der Waals surface area contributed by atoms with Gasteiger partial charge in [0, 0.05) is 23.1 Å². The van der Waals surface area contributed by atoms with E-state index in [0.29, 0.717) is 12.0 Å². The molecule has 112 valence electrons. The lowest BCUT2D eigenvalue weighted by Crippen LogP contribution is -2.10. The fourth-order valence-corrected chi connectivity index (χ4v) is 2.57. The molecule has 1 unspecified atom stereocenters. The van der Waals surface area contributed by atoms with Crippen molar-refractivity contribution in [2.45, 2.75) is 24.3 Å². The van der Waals surface area contributed by atoms with Crippen molar-refractivity contribution in [3.63, 3.8) is 0 Å². The fourth-order valence-electron chi connectivity index (χ4n) is 1.97. The van der Waals surface area contributed by atoms with Crippen LogP contribution in [0.2, 0.25) is 0 Å². The van der Waals surface area contributed by atoms with Crippen molar-refractivity contribution in [2.24, 2.45) is 0 Å². The Morgan fingerprint density at radius 3 is 2.57 bits per heavy atom. The van der Waals surface area contributed by atoms with Gasteiger partial charge in [-0.1, -0.05) is 28.1 Å². The van der Waals surface area contributed by atoms with Crippen LogP contribution in [-0.2, 0) is 12.6 Å². The van der Waals surface area contributed by atoms with Gasteiger partial charge < -0.3 is 0 Å². The molecule has 1 aromatic heterocycles. The number of hydrogen-bond donors (Lipinski definition) is 0. The molecular weight excluding hydrogens is 350 g/mol. The summed E-state index contributed by atoms with van der Waals surface area (Å²) in [5.74, 6) is -1.26. The van der Waals surface area contributed by atoms with Gasteiger partial charge in [0.25, 0.3) is 0 Å². The largest absolute Gasteiger partial charge is 0.419 e. The summed E-state index contributed by atoms with van der Waals surface area (Å²) in [5.41, 5.74) is 0.869. The van der Waals surface area contributed by atoms with E-state index < -0.39 is 17.6 Å². The van der Waals surface area contributed by atoms with Crippen LogP contribution in [0.3, 0.4) is 0 Å². The van der Waals surface area contributed by atoms with Crippen LogP contribution in [0.4, 0.5) is 17.6 Å². The first kappa shape index (κ1) is 15.9. The fraction of sp³-hybridized carbons (Fsp3) is 0.267. The summed E-state index contributed by atoms with van der Waals surface area (Å²) in [6.07, 6.45) is -2.64. The number of alkyl halides is 4. The van der Waals surface area contributed by atoms with Crippen molar-refractivity contribution in [1.29, 1.82) is 0 Å². The van der Waals surface area contributed by atoms with Crippen LogP contribution in [-0.4, -0.2) is 4.98 Å². The van der Waals surface area contributed by atoms with Gasteiger partial charge in [-0.3, -0.25) is 4.98 Å². The zero-order valence-electron chi connectivity index (χ0n) is 11.1. The molecular formula is C15H12BrF4N. The minimum Gasteiger partial charge on any atom is -0.261 e. The van der Waals surface area contributed by atoms with Crippen molar-refractivity contribution >= 4 is 15.9 Å². The molecule has 0 saturated heterocycles. The van der Waals surface area contributed by atoms with Crippen LogP contribution >= 0.6 is 15.9 Å². The Kier molecular flexibility index (Phi) is 4.66. The quantitative estimate of drug-likeness (QED) is 0.539. The monoisotopic (exact) mass is 361 g/mol. The zero-order chi connectivity index (χ0) is 15.6. The van der Waals surface area contributed by atoms with Gasteiger partial charge in [-0.15, -0.1) is 0 Å². The lowest BCUT2D eigenvalue weighted by molar-refractivity contribution is -0.140. The van der Waals surface area contributed by atoms with Crippen molar-refractivity contribution in [1.82, 2.24) is 4.98 Å². The Bertz CT molecular complexity index is 640. The van der Waals surface area contributed by atoms with E-state index in [1.165, 1.54) is 6.07 Å². The number of rotatable bonds is 3. The van der Waals surface area contributed by atoms with E-state index in [1.54, 1.807) is 12.3 Å². The van der Waals surface area contributed by atoms with Crippen LogP contribution in [0.25, 0.3) is 0 Å². The summed E-state index contributed by atoms with van der Waals surface area (Å²) in [6.45, 7) is 1.88. The Hall–Kier alpha value is -1.43. The molecule has 0 bridgehead atoms. The van der Waals surface area contributed by atoms with Gasteiger partial charge in [0.05, 0.1) is 5.56 Å². The van der Waals surface area contributed by atoms with Gasteiger partial charge in [0.1, 0.15) is 5.82 Å². The molecule has 0 radical (unpaired) electrons. The smallest absolute Gasteiger partial charge is 0.261 e. The molecule has 0 N–H and O–H groups in total. The average molecular weight is 362 g/mol. The summed E-state index contributed by atoms with van der Waals surface area (Å²) < 4.78 is 51.4. The third kappa shape index (κ3) is 3.81. The molecule has 1 heterocycles. The Morgan fingerprint density at radius 1 is 1.24 bits per heavy atom. The van der Waals surface area contributed by atoms with E-state index in [1.807, 2.05) is 13.0 Å². The van der Waals surface area contributed by atoms with Gasteiger partial charge in [-0.2, -0.15) is 13.2 Å². The molecule has 0 aliphatic carbocycles. The maximum Gasteiger partial charge on any atom is 0.419 e. The second-order valence-electron chi connectivity index (χ2n) is 4.68. The normalized spacial score (nSPS) is 13.2. The highest BCUT2D eigenvalue weighted by molar-refractivity contribution is 9.09. The first-order valence-electron chi connectivity index (χ1n) is 6.20. The molecule has 0 saturated carbocycles. The minimum atomic E-state index is -4.70. The number of hydrogen-bond acceptors (Lipinski definition) is 1. The first-order valence-corrected chi connectivity index (χ1v) is 7.12. The molecule has 2 rings (SSSR count). The standard InChI is InChI=1S/C15H12BrF4N/c1-9-3-2-6-21-14(9)8-12(16)10-4-5-13(17)11(7-10)15(18,19)20/h2-7,12H,8H2,1H3. The predicted octanol–water partition coefficient (Wildman–Crippen LogP) is 5.23. The van der Waals surface area contributed by atoms with Crippen LogP contribution in [0, 0.1) is 12.7 Å². The summed E-state index contributed by atoms with van der Waals surface area (Å²) in [5, 5.41) is 0. The maximum atomic E-state index is 13.3. The summed E-state index contributed by atoms with van der Waals surface area (Å²) in [6, 6.07) is 6.71. The first-order chi connectivity index (χ1) is 9.79. The molecule has 2 aromatic rings. The van der Waals surface area contributed by atoms with Crippen LogP contribution in [0.5, 0.6) is 0 Å². The third-order valence-electron chi connectivity index (χ3n) is 3.15. The average Bonchev–Trinajstić information content (AvgIpc) is 2.40. The predicted molar refractivity (Wildman–Crippen MR) is 75.7 cm³/mol. The van der Waals surface area contributed by atoms with Gasteiger partial charge in [-0.25, -0.2) is 4.39 Å². The molecule has 0 aliphatic rings. The number of aromatic nitrogens is 1. The van der Waals surface area contributed by atoms with Gasteiger partial charge in [0.2, 0.25) is 0 Å². The van der Waals surface area contributed by atoms with Crippen molar-refractivity contribution in [3.05, 3.63) is 64.7 Å². The van der Waals surface area contributed by atoms with Gasteiger partial charge >= 0.3 is 6.18 Å². The summed E-state index contributed by atoms with van der Waals surface area (Å²) in [4.78, 5) is 3.84. The van der Waals surface area contributed by atoms with Crippen LogP contribution in [0.15, 0.2) is 36.5 Å². The molecule has 0 amide bonds. The molecule has 1 atom stereocenters. The molecule has 0 fully saturated rings. The third-order valence-corrected chi connectivity index (χ3v) is 4.00. The Labute approximate surface area is 128 Å². The van der Waals surface area contributed by atoms with Gasteiger partial charge in [0.15, 0.2) is 0 Å². The minimum absolute atomic E-state index is 0.368. The molecule has 0 aliphatic heterocycles. The number of nitrogens with zero attached hydrogens (tertiary/aromatic N) is 1. The second kappa shape index (κ2) is 6.13.